The van der Waals surface area contributed by atoms with E-state index in [1.807, 2.05) is 0 Å². The van der Waals surface area contributed by atoms with Crippen molar-refractivity contribution in [1.29, 1.82) is 0 Å². The first-order chi connectivity index (χ1) is 3.29. The van der Waals surface area contributed by atoms with Gasteiger partial charge in [-0.15, -0.1) is 24.8 Å². The Bertz CT molecular complexity index is 115. The van der Waals surface area contributed by atoms with Crippen LogP contribution in [0.25, 0.3) is 0 Å². The summed E-state index contributed by atoms with van der Waals surface area (Å²) >= 11 is 6.00. The Balaban J connectivity index is 0. The summed E-state index contributed by atoms with van der Waals surface area (Å²) in [6.07, 6.45) is 0. The second-order valence-electron chi connectivity index (χ2n) is 1.12. The van der Waals surface area contributed by atoms with Crippen LogP contribution < -0.4 is 5.32 Å². The average molecular weight is 206 g/mol. The lowest BCUT2D eigenvalue weighted by atomic mass is 10.7. The maximum absolute atomic E-state index is 10.2. The number of carbonyl (C=O) groups excluding carboxylic acids is 1. The fraction of sp³-hybridized carbons (Fsp3) is 0.333. The zero-order chi connectivity index (χ0) is 5.28. The van der Waals surface area contributed by atoms with Gasteiger partial charge in [0.1, 0.15) is 4.32 Å². The fourth-order valence-electron chi connectivity index (χ4n) is 0.317. The molecule has 54 valence electrons. The Hall–Kier alpha value is 0.490. The molecule has 0 atom stereocenters. The Morgan fingerprint density at radius 1 is 1.56 bits per heavy atom. The van der Waals surface area contributed by atoms with Gasteiger partial charge < -0.3 is 5.32 Å². The van der Waals surface area contributed by atoms with Crippen molar-refractivity contribution in [2.75, 3.05) is 5.75 Å². The molecular weight excluding hydrogens is 201 g/mol. The lowest BCUT2D eigenvalue weighted by Gasteiger charge is -1.81. The molecule has 1 heterocycles. The van der Waals surface area contributed by atoms with Gasteiger partial charge in [-0.05, 0) is 0 Å². The minimum absolute atomic E-state index is 0. The van der Waals surface area contributed by atoms with E-state index < -0.39 is 0 Å². The van der Waals surface area contributed by atoms with Crippen LogP contribution in [0.15, 0.2) is 0 Å². The van der Waals surface area contributed by atoms with Crippen LogP contribution in [0.3, 0.4) is 0 Å². The number of carbonyl (C=O) groups is 1. The number of hydrogen-bond donors (Lipinski definition) is 1. The summed E-state index contributed by atoms with van der Waals surface area (Å²) in [5, 5.41) is 2.47. The number of nitrogens with one attached hydrogen (secondary N) is 1. The molecule has 1 saturated heterocycles. The highest BCUT2D eigenvalue weighted by Crippen LogP contribution is 2.06. The summed E-state index contributed by atoms with van der Waals surface area (Å²) < 4.78 is 0.602. The molecular formula is C3H5Cl2NOS2. The molecule has 0 radical (unpaired) electrons. The first-order valence-electron chi connectivity index (χ1n) is 1.75. The van der Waals surface area contributed by atoms with Crippen LogP contribution in [-0.2, 0) is 4.79 Å². The van der Waals surface area contributed by atoms with Gasteiger partial charge >= 0.3 is 0 Å². The van der Waals surface area contributed by atoms with Crippen molar-refractivity contribution in [1.82, 2.24) is 5.32 Å². The minimum atomic E-state index is 0. The average Bonchev–Trinajstić information content (AvgIpc) is 1.87. The molecule has 0 bridgehead atoms. The molecule has 0 unspecified atom stereocenters. The molecule has 0 aliphatic carbocycles. The number of amides is 1. The number of rotatable bonds is 0. The molecule has 6 heteroatoms. The molecule has 1 N–H and O–H groups in total. The maximum Gasteiger partial charge on any atom is 0.235 e. The Labute approximate surface area is 75.0 Å². The van der Waals surface area contributed by atoms with Gasteiger partial charge in [-0.2, -0.15) is 0 Å². The van der Waals surface area contributed by atoms with E-state index in [-0.39, 0.29) is 30.7 Å². The topological polar surface area (TPSA) is 29.1 Å². The Kier molecular flexibility index (Phi) is 7.16. The predicted molar refractivity (Wildman–Crippen MR) is 47.7 cm³/mol. The van der Waals surface area contributed by atoms with E-state index in [0.717, 1.165) is 0 Å². The van der Waals surface area contributed by atoms with Crippen LogP contribution in [0.4, 0.5) is 0 Å². The Morgan fingerprint density at radius 2 is 2.11 bits per heavy atom. The van der Waals surface area contributed by atoms with Crippen LogP contribution >= 0.6 is 48.8 Å². The largest absolute Gasteiger partial charge is 0.311 e. The van der Waals surface area contributed by atoms with Gasteiger partial charge in [0.05, 0.1) is 5.75 Å². The second kappa shape index (κ2) is 5.29. The monoisotopic (exact) mass is 205 g/mol. The highest BCUT2D eigenvalue weighted by atomic mass is 35.5. The summed E-state index contributed by atoms with van der Waals surface area (Å²) in [5.74, 6) is 0.522. The van der Waals surface area contributed by atoms with E-state index in [1.54, 1.807) is 0 Å². The van der Waals surface area contributed by atoms with Gasteiger partial charge in [-0.3, -0.25) is 4.79 Å². The van der Waals surface area contributed by atoms with E-state index in [1.165, 1.54) is 11.8 Å². The predicted octanol–water partition coefficient (Wildman–Crippen LogP) is 0.978. The third-order valence-corrected chi connectivity index (χ3v) is 1.80. The van der Waals surface area contributed by atoms with E-state index >= 15 is 0 Å². The number of halogens is 2. The van der Waals surface area contributed by atoms with Crippen LogP contribution in [-0.4, -0.2) is 16.0 Å². The van der Waals surface area contributed by atoms with Crippen molar-refractivity contribution < 1.29 is 4.79 Å². The third kappa shape index (κ3) is 3.97. The van der Waals surface area contributed by atoms with Gasteiger partial charge in [-0.1, -0.05) is 24.0 Å². The summed E-state index contributed by atoms with van der Waals surface area (Å²) in [7, 11) is 0. The van der Waals surface area contributed by atoms with E-state index in [4.69, 9.17) is 0 Å². The van der Waals surface area contributed by atoms with Gasteiger partial charge in [0, 0.05) is 0 Å². The molecule has 2 nitrogen and oxygen atoms in total. The summed E-state index contributed by atoms with van der Waals surface area (Å²) in [6, 6.07) is 0. The zero-order valence-corrected chi connectivity index (χ0v) is 7.51. The van der Waals surface area contributed by atoms with Crippen LogP contribution in [0.5, 0.6) is 0 Å². The highest BCUT2D eigenvalue weighted by molar-refractivity contribution is 8.24. The number of hydrogen-bond acceptors (Lipinski definition) is 3. The van der Waals surface area contributed by atoms with Gasteiger partial charge in [0.15, 0.2) is 0 Å². The molecule has 1 rings (SSSR count). The van der Waals surface area contributed by atoms with E-state index in [0.29, 0.717) is 10.1 Å². The lowest BCUT2D eigenvalue weighted by molar-refractivity contribution is -0.116. The highest BCUT2D eigenvalue weighted by Gasteiger charge is 2.13. The van der Waals surface area contributed by atoms with Crippen molar-refractivity contribution in [2.24, 2.45) is 0 Å². The molecule has 1 aliphatic heterocycles. The van der Waals surface area contributed by atoms with Crippen molar-refractivity contribution in [3.05, 3.63) is 0 Å². The summed E-state index contributed by atoms with van der Waals surface area (Å²) in [5.41, 5.74) is 0. The van der Waals surface area contributed by atoms with E-state index in [9.17, 15) is 4.79 Å². The molecule has 9 heavy (non-hydrogen) atoms. The standard InChI is InChI=1S/C3H3NOS2.2ClH/c5-2-1-7-3(6)4-2;;/h1H2,(H,4,5,6);2*1H. The van der Waals surface area contributed by atoms with Crippen LogP contribution in [0.1, 0.15) is 0 Å². The fourth-order valence-corrected chi connectivity index (χ4v) is 1.13. The SMILES string of the molecule is Cl.Cl.O=C1CSC(=S)N1. The van der Waals surface area contributed by atoms with Crippen LogP contribution in [0.2, 0.25) is 0 Å². The van der Waals surface area contributed by atoms with Crippen molar-refractivity contribution in [3.63, 3.8) is 0 Å². The van der Waals surface area contributed by atoms with Crippen molar-refractivity contribution in [3.8, 4) is 0 Å². The molecule has 0 spiro atoms. The smallest absolute Gasteiger partial charge is 0.235 e. The minimum Gasteiger partial charge on any atom is -0.311 e. The van der Waals surface area contributed by atoms with Crippen molar-refractivity contribution in [2.45, 2.75) is 0 Å². The molecule has 0 aromatic rings. The summed E-state index contributed by atoms with van der Waals surface area (Å²) in [4.78, 5) is 10.2. The molecule has 0 aromatic heterocycles. The molecule has 0 aromatic carbocycles. The van der Waals surface area contributed by atoms with Gasteiger partial charge in [0.25, 0.3) is 0 Å². The van der Waals surface area contributed by atoms with Crippen molar-refractivity contribution >= 4 is 59.0 Å². The Morgan fingerprint density at radius 3 is 2.22 bits per heavy atom. The number of thioether (sulfide) groups is 1. The molecule has 1 amide bonds. The molecule has 0 saturated carbocycles. The third-order valence-electron chi connectivity index (χ3n) is 0.576. The first kappa shape index (κ1) is 12.2. The van der Waals surface area contributed by atoms with Gasteiger partial charge in [-0.25, -0.2) is 0 Å². The van der Waals surface area contributed by atoms with Gasteiger partial charge in [0.2, 0.25) is 5.91 Å². The molecule has 1 fully saturated rings. The second-order valence-corrected chi connectivity index (χ2v) is 2.78. The quantitative estimate of drug-likeness (QED) is 0.599. The molecule has 1 aliphatic rings. The first-order valence-corrected chi connectivity index (χ1v) is 3.15. The maximum atomic E-state index is 10.2. The van der Waals surface area contributed by atoms with Crippen LogP contribution in [0, 0.1) is 0 Å². The lowest BCUT2D eigenvalue weighted by Crippen LogP contribution is -2.18. The number of thiocarbonyl (C=S) groups is 1. The normalized spacial score (nSPS) is 15.6. The summed E-state index contributed by atoms with van der Waals surface area (Å²) in [6.45, 7) is 0. The zero-order valence-electron chi connectivity index (χ0n) is 4.25. The van der Waals surface area contributed by atoms with E-state index in [2.05, 4.69) is 17.5 Å².